The number of rotatable bonds is 10. The summed E-state index contributed by atoms with van der Waals surface area (Å²) in [6.07, 6.45) is 0.00271. The van der Waals surface area contributed by atoms with Gasteiger partial charge in [0, 0.05) is 10.9 Å². The molecule has 0 aliphatic carbocycles. The Morgan fingerprint density at radius 1 is 1.11 bits per heavy atom. The Morgan fingerprint density at radius 2 is 1.82 bits per heavy atom. The average molecular weight is 555 g/mol. The average Bonchev–Trinajstić information content (AvgIpc) is 3.41. The lowest BCUT2D eigenvalue weighted by atomic mass is 10.1. The highest BCUT2D eigenvalue weighted by Crippen LogP contribution is 2.30. The van der Waals surface area contributed by atoms with Gasteiger partial charge in [0.1, 0.15) is 23.4 Å². The second-order valence-electron chi connectivity index (χ2n) is 8.41. The summed E-state index contributed by atoms with van der Waals surface area (Å²) in [5.41, 5.74) is 2.96. The maximum Gasteiger partial charge on any atom is 0.275 e. The van der Waals surface area contributed by atoms with Gasteiger partial charge in [0.05, 0.1) is 24.2 Å². The molecule has 10 nitrogen and oxygen atoms in total. The van der Waals surface area contributed by atoms with Gasteiger partial charge in [-0.3, -0.25) is 9.52 Å². The third-order valence-electron chi connectivity index (χ3n) is 5.46. The molecule has 0 aliphatic rings. The summed E-state index contributed by atoms with van der Waals surface area (Å²) in [4.78, 5) is 21.0. The van der Waals surface area contributed by atoms with E-state index in [1.807, 2.05) is 36.4 Å². The lowest BCUT2D eigenvalue weighted by Crippen LogP contribution is -2.23. The molecular formula is C26H26N4O6S2. The summed E-state index contributed by atoms with van der Waals surface area (Å²) in [5.74, 6) is -0.838. The molecule has 4 rings (SSSR count). The smallest absolute Gasteiger partial charge is 0.275 e. The lowest BCUT2D eigenvalue weighted by Gasteiger charge is -2.17. The Kier molecular flexibility index (Phi) is 8.37. The number of nitrogens with one attached hydrogen (secondary N) is 2. The zero-order chi connectivity index (χ0) is 27.3. The van der Waals surface area contributed by atoms with E-state index in [1.165, 1.54) is 23.6 Å². The van der Waals surface area contributed by atoms with Crippen molar-refractivity contribution in [3.63, 3.8) is 0 Å². The molecule has 0 fully saturated rings. The monoisotopic (exact) mass is 554 g/mol. The number of thiazole rings is 1. The Hall–Kier alpha value is -3.84. The number of carbonyl (C=O) groups is 1. The zero-order valence-electron chi connectivity index (χ0n) is 20.6. The zero-order valence-corrected chi connectivity index (χ0v) is 22.2. The van der Waals surface area contributed by atoms with E-state index in [0.717, 1.165) is 5.56 Å². The number of aliphatic hydroxyl groups is 2. The van der Waals surface area contributed by atoms with Crippen molar-refractivity contribution in [3.05, 3.63) is 83.0 Å². The van der Waals surface area contributed by atoms with Crippen molar-refractivity contribution in [1.29, 1.82) is 0 Å². The number of anilines is 2. The Balaban J connectivity index is 1.63. The fourth-order valence-electron chi connectivity index (χ4n) is 3.48. The van der Waals surface area contributed by atoms with Gasteiger partial charge in [-0.2, -0.15) is 0 Å². The van der Waals surface area contributed by atoms with E-state index in [2.05, 4.69) is 20.0 Å². The first-order valence-corrected chi connectivity index (χ1v) is 13.9. The molecule has 1 amide bonds. The van der Waals surface area contributed by atoms with Gasteiger partial charge >= 0.3 is 0 Å². The predicted octanol–water partition coefficient (Wildman–Crippen LogP) is 3.61. The summed E-state index contributed by atoms with van der Waals surface area (Å²) in [6, 6.07) is 16.0. The number of sulfonamides is 1. The molecule has 0 radical (unpaired) electrons. The Labute approximate surface area is 224 Å². The Morgan fingerprint density at radius 3 is 2.50 bits per heavy atom. The van der Waals surface area contributed by atoms with E-state index in [4.69, 9.17) is 9.84 Å². The van der Waals surface area contributed by atoms with Crippen LogP contribution in [0.2, 0.25) is 0 Å². The summed E-state index contributed by atoms with van der Waals surface area (Å²) < 4.78 is 34.9. The molecule has 198 valence electrons. The normalized spacial score (nSPS) is 12.1. The van der Waals surface area contributed by atoms with Crippen molar-refractivity contribution in [2.75, 3.05) is 23.3 Å². The summed E-state index contributed by atoms with van der Waals surface area (Å²) in [7, 11) is -4.24. The van der Waals surface area contributed by atoms with Crippen molar-refractivity contribution in [2.24, 2.45) is 0 Å². The molecule has 0 aliphatic heterocycles. The number of hydrogen-bond acceptors (Lipinski definition) is 9. The SMILES string of the molecule is Cc1cccc(C)c1NS(=O)(=O)c1cc(NC(=O)c2csc(-c3ccccc3)n2)cnc1OCC(O)CO. The van der Waals surface area contributed by atoms with Crippen LogP contribution in [0, 0.1) is 13.8 Å². The highest BCUT2D eigenvalue weighted by molar-refractivity contribution is 7.92. The second kappa shape index (κ2) is 11.7. The van der Waals surface area contributed by atoms with Crippen molar-refractivity contribution in [2.45, 2.75) is 24.8 Å². The van der Waals surface area contributed by atoms with Gasteiger partial charge in [-0.15, -0.1) is 11.3 Å². The number of aromatic nitrogens is 2. The molecule has 0 saturated carbocycles. The molecule has 2 heterocycles. The van der Waals surface area contributed by atoms with Crippen LogP contribution < -0.4 is 14.8 Å². The van der Waals surface area contributed by atoms with E-state index < -0.39 is 28.6 Å². The van der Waals surface area contributed by atoms with Gasteiger partial charge in [0.15, 0.2) is 4.90 Å². The van der Waals surface area contributed by atoms with Gasteiger partial charge in [0.2, 0.25) is 5.88 Å². The summed E-state index contributed by atoms with van der Waals surface area (Å²) >= 11 is 1.31. The van der Waals surface area contributed by atoms with Gasteiger partial charge in [0.25, 0.3) is 15.9 Å². The second-order valence-corrected chi connectivity index (χ2v) is 10.9. The highest BCUT2D eigenvalue weighted by Gasteiger charge is 2.25. The van der Waals surface area contributed by atoms with Crippen molar-refractivity contribution >= 4 is 38.6 Å². The van der Waals surface area contributed by atoms with Crippen LogP contribution in [-0.4, -0.2) is 53.8 Å². The first kappa shape index (κ1) is 27.2. The van der Waals surface area contributed by atoms with Crippen LogP contribution in [0.4, 0.5) is 11.4 Å². The summed E-state index contributed by atoms with van der Waals surface area (Å²) in [6.45, 7) is 2.58. The molecule has 1 unspecified atom stereocenters. The minimum atomic E-state index is -4.24. The fraction of sp³-hybridized carbons (Fsp3) is 0.192. The number of carbonyl (C=O) groups excluding carboxylic acids is 1. The molecule has 2 aromatic heterocycles. The van der Waals surface area contributed by atoms with Crippen LogP contribution in [-0.2, 0) is 10.0 Å². The first-order valence-electron chi connectivity index (χ1n) is 11.5. The van der Waals surface area contributed by atoms with Crippen molar-refractivity contribution < 1.29 is 28.2 Å². The number of amides is 1. The van der Waals surface area contributed by atoms with Crippen LogP contribution in [0.5, 0.6) is 5.88 Å². The van der Waals surface area contributed by atoms with Crippen LogP contribution >= 0.6 is 11.3 Å². The highest BCUT2D eigenvalue weighted by atomic mass is 32.2. The number of ether oxygens (including phenoxy) is 1. The Bertz CT molecular complexity index is 1520. The van der Waals surface area contributed by atoms with Crippen molar-refractivity contribution in [1.82, 2.24) is 9.97 Å². The lowest BCUT2D eigenvalue weighted by molar-refractivity contribution is 0.0510. The minimum absolute atomic E-state index is 0.0983. The van der Waals surface area contributed by atoms with Crippen LogP contribution in [0.15, 0.2) is 71.1 Å². The molecule has 0 bridgehead atoms. The van der Waals surface area contributed by atoms with E-state index in [0.29, 0.717) is 21.8 Å². The van der Waals surface area contributed by atoms with E-state index in [1.54, 1.807) is 31.4 Å². The molecule has 1 atom stereocenters. The topological polar surface area (TPSA) is 151 Å². The summed E-state index contributed by atoms with van der Waals surface area (Å²) in [5, 5.41) is 23.7. The largest absolute Gasteiger partial charge is 0.474 e. The maximum atomic E-state index is 13.4. The molecule has 4 N–H and O–H groups in total. The third-order valence-corrected chi connectivity index (χ3v) is 7.70. The van der Waals surface area contributed by atoms with Crippen LogP contribution in [0.3, 0.4) is 0 Å². The number of hydrogen-bond donors (Lipinski definition) is 4. The van der Waals surface area contributed by atoms with Crippen LogP contribution in [0.1, 0.15) is 21.6 Å². The fourth-order valence-corrected chi connectivity index (χ4v) is 5.61. The number of para-hydroxylation sites is 1. The quantitative estimate of drug-likeness (QED) is 0.232. The van der Waals surface area contributed by atoms with Crippen LogP contribution in [0.25, 0.3) is 10.6 Å². The molecular weight excluding hydrogens is 528 g/mol. The third kappa shape index (κ3) is 6.34. The van der Waals surface area contributed by atoms with Gasteiger partial charge < -0.3 is 20.3 Å². The van der Waals surface area contributed by atoms with Gasteiger partial charge in [-0.1, -0.05) is 48.5 Å². The van der Waals surface area contributed by atoms with Gasteiger partial charge in [-0.05, 0) is 31.0 Å². The maximum absolute atomic E-state index is 13.4. The minimum Gasteiger partial charge on any atom is -0.474 e. The molecule has 38 heavy (non-hydrogen) atoms. The number of aryl methyl sites for hydroxylation is 2. The van der Waals surface area contributed by atoms with E-state index in [-0.39, 0.29) is 28.8 Å². The molecule has 2 aromatic carbocycles. The first-order chi connectivity index (χ1) is 18.2. The number of aliphatic hydroxyl groups excluding tert-OH is 2. The van der Waals surface area contributed by atoms with Crippen molar-refractivity contribution in [3.8, 4) is 16.5 Å². The number of nitrogens with zero attached hydrogens (tertiary/aromatic N) is 2. The number of pyridine rings is 1. The standard InChI is InChI=1S/C26H26N4O6S2/c1-16-7-6-8-17(2)23(16)30-38(34,35)22-11-19(12-27-25(22)36-14-20(32)13-31)28-24(33)21-15-37-26(29-21)18-9-4-3-5-10-18/h3-12,15,20,30-32H,13-14H2,1-2H3,(H,28,33). The molecule has 0 spiro atoms. The molecule has 4 aromatic rings. The number of benzene rings is 2. The predicted molar refractivity (Wildman–Crippen MR) is 145 cm³/mol. The molecule has 12 heteroatoms. The molecule has 0 saturated heterocycles. The van der Waals surface area contributed by atoms with E-state index >= 15 is 0 Å². The van der Waals surface area contributed by atoms with E-state index in [9.17, 15) is 18.3 Å². The van der Waals surface area contributed by atoms with Gasteiger partial charge in [-0.25, -0.2) is 18.4 Å².